The van der Waals surface area contributed by atoms with Gasteiger partial charge in [0, 0.05) is 38.2 Å². The zero-order valence-corrected chi connectivity index (χ0v) is 14.8. The minimum atomic E-state index is 0.356. The van der Waals surface area contributed by atoms with Crippen LogP contribution in [0.4, 0.5) is 5.95 Å². The Kier molecular flexibility index (Phi) is 4.72. The van der Waals surface area contributed by atoms with Gasteiger partial charge in [0.05, 0.1) is 25.2 Å². The Labute approximate surface area is 148 Å². The van der Waals surface area contributed by atoms with Crippen molar-refractivity contribution in [2.24, 2.45) is 5.41 Å². The van der Waals surface area contributed by atoms with Crippen molar-refractivity contribution in [3.05, 3.63) is 42.6 Å². The highest BCUT2D eigenvalue weighted by atomic mass is 16.5. The quantitative estimate of drug-likeness (QED) is 0.832. The van der Waals surface area contributed by atoms with Crippen molar-refractivity contribution < 1.29 is 9.15 Å². The van der Waals surface area contributed by atoms with Crippen LogP contribution in [0, 0.1) is 5.41 Å². The van der Waals surface area contributed by atoms with Crippen molar-refractivity contribution in [1.29, 1.82) is 0 Å². The van der Waals surface area contributed by atoms with Crippen molar-refractivity contribution >= 4 is 5.95 Å². The molecule has 2 fully saturated rings. The van der Waals surface area contributed by atoms with Crippen LogP contribution in [0.25, 0.3) is 0 Å². The number of hydrogen-bond donors (Lipinski definition) is 0. The summed E-state index contributed by atoms with van der Waals surface area (Å²) in [5.74, 6) is 0.835. The molecule has 2 aliphatic rings. The van der Waals surface area contributed by atoms with Crippen LogP contribution in [-0.2, 0) is 11.3 Å². The van der Waals surface area contributed by atoms with Crippen LogP contribution in [0.5, 0.6) is 0 Å². The third-order valence-electron chi connectivity index (χ3n) is 5.69. The molecule has 6 heteroatoms. The van der Waals surface area contributed by atoms with Crippen molar-refractivity contribution in [3.8, 4) is 0 Å². The van der Waals surface area contributed by atoms with E-state index in [1.165, 1.54) is 24.8 Å². The molecule has 0 amide bonds. The van der Waals surface area contributed by atoms with E-state index >= 15 is 0 Å². The number of likely N-dealkylation sites (tertiary alicyclic amines) is 1. The van der Waals surface area contributed by atoms with Crippen LogP contribution in [0.15, 0.2) is 41.5 Å². The first-order valence-electron chi connectivity index (χ1n) is 9.04. The van der Waals surface area contributed by atoms with E-state index in [0.717, 1.165) is 38.7 Å². The first kappa shape index (κ1) is 16.5. The number of aromatic nitrogens is 2. The van der Waals surface area contributed by atoms with Crippen molar-refractivity contribution in [2.75, 3.05) is 38.3 Å². The van der Waals surface area contributed by atoms with Gasteiger partial charge in [-0.05, 0) is 49.9 Å². The predicted octanol–water partition coefficient (Wildman–Crippen LogP) is 2.58. The van der Waals surface area contributed by atoms with Crippen LogP contribution in [0.1, 0.15) is 24.8 Å². The molecule has 4 rings (SSSR count). The summed E-state index contributed by atoms with van der Waals surface area (Å²) in [5.41, 5.74) is 1.62. The van der Waals surface area contributed by atoms with Crippen molar-refractivity contribution in [1.82, 2.24) is 14.9 Å². The third kappa shape index (κ3) is 3.55. The number of nitrogens with zero attached hydrogens (tertiary/aromatic N) is 4. The van der Waals surface area contributed by atoms with Gasteiger partial charge < -0.3 is 14.1 Å². The minimum Gasteiger partial charge on any atom is -0.472 e. The van der Waals surface area contributed by atoms with Gasteiger partial charge in [0.1, 0.15) is 0 Å². The summed E-state index contributed by atoms with van der Waals surface area (Å²) in [5, 5.41) is 0. The minimum absolute atomic E-state index is 0.356. The number of furan rings is 1. The van der Waals surface area contributed by atoms with Crippen molar-refractivity contribution in [3.63, 3.8) is 0 Å². The SMILES string of the molecule is COC[C@H]1CC2(CCN(Cc3ccoc3)CC2)CN1c1ncccn1. The highest BCUT2D eigenvalue weighted by Crippen LogP contribution is 2.44. The van der Waals surface area contributed by atoms with E-state index < -0.39 is 0 Å². The predicted molar refractivity (Wildman–Crippen MR) is 95.3 cm³/mol. The molecule has 25 heavy (non-hydrogen) atoms. The Morgan fingerprint density at radius 2 is 2.08 bits per heavy atom. The molecular weight excluding hydrogens is 316 g/mol. The maximum atomic E-state index is 5.48. The molecule has 0 radical (unpaired) electrons. The monoisotopic (exact) mass is 342 g/mol. The highest BCUT2D eigenvalue weighted by Gasteiger charge is 2.46. The zero-order valence-electron chi connectivity index (χ0n) is 14.8. The molecule has 1 spiro atoms. The summed E-state index contributed by atoms with van der Waals surface area (Å²) in [4.78, 5) is 13.8. The normalized spacial score (nSPS) is 23.4. The summed E-state index contributed by atoms with van der Waals surface area (Å²) < 4.78 is 10.7. The van der Waals surface area contributed by atoms with Gasteiger partial charge in [-0.25, -0.2) is 9.97 Å². The number of anilines is 1. The molecule has 0 bridgehead atoms. The summed E-state index contributed by atoms with van der Waals surface area (Å²) in [6.07, 6.45) is 10.9. The van der Waals surface area contributed by atoms with Crippen LogP contribution >= 0.6 is 0 Å². The molecule has 1 atom stereocenters. The Balaban J connectivity index is 1.42. The van der Waals surface area contributed by atoms with Gasteiger partial charge in [0.2, 0.25) is 5.95 Å². The molecule has 134 valence electrons. The fraction of sp³-hybridized carbons (Fsp3) is 0.579. The average Bonchev–Trinajstić information content (AvgIpc) is 3.27. The lowest BCUT2D eigenvalue weighted by molar-refractivity contribution is 0.105. The lowest BCUT2D eigenvalue weighted by Gasteiger charge is -2.39. The van der Waals surface area contributed by atoms with Crippen LogP contribution in [0.3, 0.4) is 0 Å². The molecule has 2 aliphatic heterocycles. The van der Waals surface area contributed by atoms with Crippen molar-refractivity contribution in [2.45, 2.75) is 31.8 Å². The van der Waals surface area contributed by atoms with Gasteiger partial charge in [-0.15, -0.1) is 0 Å². The smallest absolute Gasteiger partial charge is 0.225 e. The fourth-order valence-corrected chi connectivity index (χ4v) is 4.37. The van der Waals surface area contributed by atoms with E-state index in [0.29, 0.717) is 11.5 Å². The maximum absolute atomic E-state index is 5.48. The summed E-state index contributed by atoms with van der Waals surface area (Å²) in [6, 6.07) is 4.30. The topological polar surface area (TPSA) is 54.6 Å². The Morgan fingerprint density at radius 1 is 1.28 bits per heavy atom. The average molecular weight is 342 g/mol. The Bertz CT molecular complexity index is 653. The number of methoxy groups -OCH3 is 1. The lowest BCUT2D eigenvalue weighted by Crippen LogP contribution is -2.41. The summed E-state index contributed by atoms with van der Waals surface area (Å²) in [6.45, 7) is 5.02. The largest absolute Gasteiger partial charge is 0.472 e. The van der Waals surface area contributed by atoms with E-state index in [1.54, 1.807) is 13.4 Å². The first-order valence-corrected chi connectivity index (χ1v) is 9.04. The zero-order chi connectivity index (χ0) is 17.1. The maximum Gasteiger partial charge on any atom is 0.225 e. The van der Waals surface area contributed by atoms with Gasteiger partial charge >= 0.3 is 0 Å². The lowest BCUT2D eigenvalue weighted by atomic mass is 9.76. The van der Waals surface area contributed by atoms with Crippen LogP contribution < -0.4 is 4.90 Å². The second-order valence-electron chi connectivity index (χ2n) is 7.40. The van der Waals surface area contributed by atoms with Gasteiger partial charge in [-0.1, -0.05) is 0 Å². The van der Waals surface area contributed by atoms with Crippen LogP contribution in [0.2, 0.25) is 0 Å². The summed E-state index contributed by atoms with van der Waals surface area (Å²) >= 11 is 0. The van der Waals surface area contributed by atoms with Gasteiger partial charge in [0.15, 0.2) is 0 Å². The number of piperidine rings is 1. The number of ether oxygens (including phenoxy) is 1. The Hall–Kier alpha value is -1.92. The molecule has 0 saturated carbocycles. The highest BCUT2D eigenvalue weighted by molar-refractivity contribution is 5.35. The third-order valence-corrected chi connectivity index (χ3v) is 5.69. The second kappa shape index (κ2) is 7.14. The standard InChI is InChI=1S/C19H26N4O2/c1-24-14-17-11-19(15-23(17)18-20-6-2-7-21-18)4-8-22(9-5-19)12-16-3-10-25-13-16/h2-3,6-7,10,13,17H,4-5,8-9,11-12,14-15H2,1H3/t17-/m1/s1. The molecular formula is C19H26N4O2. The van der Waals surface area contributed by atoms with Gasteiger partial charge in [-0.2, -0.15) is 0 Å². The van der Waals surface area contributed by atoms with E-state index in [9.17, 15) is 0 Å². The van der Waals surface area contributed by atoms with Gasteiger partial charge in [0.25, 0.3) is 0 Å². The fourth-order valence-electron chi connectivity index (χ4n) is 4.37. The number of hydrogen-bond acceptors (Lipinski definition) is 6. The first-order chi connectivity index (χ1) is 12.3. The van der Waals surface area contributed by atoms with Gasteiger partial charge in [-0.3, -0.25) is 4.90 Å². The number of rotatable bonds is 5. The van der Waals surface area contributed by atoms with E-state index in [1.807, 2.05) is 24.7 Å². The molecule has 0 N–H and O–H groups in total. The Morgan fingerprint density at radius 3 is 2.76 bits per heavy atom. The molecule has 2 aromatic heterocycles. The molecule has 2 saturated heterocycles. The molecule has 6 nitrogen and oxygen atoms in total. The van der Waals surface area contributed by atoms with E-state index in [2.05, 4.69) is 25.8 Å². The molecule has 0 unspecified atom stereocenters. The van der Waals surface area contributed by atoms with E-state index in [4.69, 9.17) is 9.15 Å². The van der Waals surface area contributed by atoms with E-state index in [-0.39, 0.29) is 0 Å². The summed E-state index contributed by atoms with van der Waals surface area (Å²) in [7, 11) is 1.78. The molecule has 2 aromatic rings. The second-order valence-corrected chi connectivity index (χ2v) is 7.40. The molecule has 4 heterocycles. The molecule has 0 aromatic carbocycles. The van der Waals surface area contributed by atoms with Crippen LogP contribution in [-0.4, -0.2) is 54.3 Å². The molecule has 0 aliphatic carbocycles.